The summed E-state index contributed by atoms with van der Waals surface area (Å²) >= 11 is 0. The summed E-state index contributed by atoms with van der Waals surface area (Å²) in [4.78, 5) is 16.1. The van der Waals surface area contributed by atoms with Gasteiger partial charge in [0.05, 0.1) is 12.1 Å². The lowest BCUT2D eigenvalue weighted by molar-refractivity contribution is -0.120. The summed E-state index contributed by atoms with van der Waals surface area (Å²) in [7, 11) is 0. The van der Waals surface area contributed by atoms with E-state index in [1.165, 1.54) is 0 Å². The maximum absolute atomic E-state index is 11.8. The molecule has 0 aliphatic rings. The third-order valence-electron chi connectivity index (χ3n) is 2.94. The minimum absolute atomic E-state index is 0. The predicted octanol–water partition coefficient (Wildman–Crippen LogP) is 2.50. The Morgan fingerprint density at radius 3 is 2.59 bits per heavy atom. The maximum atomic E-state index is 11.8. The standard InChI is InChI=1S/C15H19N3O2.2ClH/c1-11-13(10-14(19)17-9-5-8-16)18-15(20-11)12-6-3-2-4-7-12;;/h2-4,6-7H,5,8-10,16H2,1H3,(H,17,19);2*1H. The molecule has 0 atom stereocenters. The van der Waals surface area contributed by atoms with Crippen LogP contribution in [0.3, 0.4) is 0 Å². The monoisotopic (exact) mass is 345 g/mol. The van der Waals surface area contributed by atoms with E-state index in [2.05, 4.69) is 10.3 Å². The largest absolute Gasteiger partial charge is 0.441 e. The van der Waals surface area contributed by atoms with Crippen molar-refractivity contribution in [1.29, 1.82) is 0 Å². The molecule has 0 aliphatic heterocycles. The lowest BCUT2D eigenvalue weighted by atomic mass is 10.2. The van der Waals surface area contributed by atoms with Crippen LogP contribution < -0.4 is 11.1 Å². The average molecular weight is 346 g/mol. The van der Waals surface area contributed by atoms with E-state index in [4.69, 9.17) is 10.2 Å². The topological polar surface area (TPSA) is 81.2 Å². The van der Waals surface area contributed by atoms with Crippen LogP contribution in [0.25, 0.3) is 11.5 Å². The smallest absolute Gasteiger partial charge is 0.226 e. The highest BCUT2D eigenvalue weighted by molar-refractivity contribution is 5.85. The molecule has 22 heavy (non-hydrogen) atoms. The fourth-order valence-electron chi connectivity index (χ4n) is 1.84. The molecular weight excluding hydrogens is 325 g/mol. The molecule has 2 rings (SSSR count). The first-order chi connectivity index (χ1) is 9.70. The maximum Gasteiger partial charge on any atom is 0.226 e. The summed E-state index contributed by atoms with van der Waals surface area (Å²) < 4.78 is 5.62. The number of nitrogens with one attached hydrogen (secondary N) is 1. The van der Waals surface area contributed by atoms with Crippen molar-refractivity contribution in [3.8, 4) is 11.5 Å². The number of nitrogens with two attached hydrogens (primary N) is 1. The van der Waals surface area contributed by atoms with E-state index in [9.17, 15) is 4.79 Å². The van der Waals surface area contributed by atoms with E-state index < -0.39 is 0 Å². The lowest BCUT2D eigenvalue weighted by Crippen LogP contribution is -2.27. The van der Waals surface area contributed by atoms with Crippen LogP contribution in [0.4, 0.5) is 0 Å². The Morgan fingerprint density at radius 1 is 1.27 bits per heavy atom. The van der Waals surface area contributed by atoms with Crippen molar-refractivity contribution in [2.24, 2.45) is 5.73 Å². The Kier molecular flexibility index (Phi) is 9.49. The average Bonchev–Trinajstić information content (AvgIpc) is 2.81. The fraction of sp³-hybridized carbons (Fsp3) is 0.333. The van der Waals surface area contributed by atoms with Gasteiger partial charge < -0.3 is 15.5 Å². The van der Waals surface area contributed by atoms with Crippen LogP contribution in [0.2, 0.25) is 0 Å². The van der Waals surface area contributed by atoms with Crippen molar-refractivity contribution in [3.05, 3.63) is 41.8 Å². The quantitative estimate of drug-likeness (QED) is 0.788. The summed E-state index contributed by atoms with van der Waals surface area (Å²) in [5, 5.41) is 2.81. The van der Waals surface area contributed by atoms with Gasteiger partial charge in [-0.2, -0.15) is 0 Å². The molecule has 5 nitrogen and oxygen atoms in total. The van der Waals surface area contributed by atoms with Crippen molar-refractivity contribution in [3.63, 3.8) is 0 Å². The number of aryl methyl sites for hydroxylation is 1. The van der Waals surface area contributed by atoms with Crippen molar-refractivity contribution in [2.45, 2.75) is 19.8 Å². The Hall–Kier alpha value is -1.56. The number of carbonyl (C=O) groups excluding carboxylic acids is 1. The predicted molar refractivity (Wildman–Crippen MR) is 91.6 cm³/mol. The summed E-state index contributed by atoms with van der Waals surface area (Å²) in [5.74, 6) is 1.17. The van der Waals surface area contributed by atoms with Crippen molar-refractivity contribution >= 4 is 30.7 Å². The molecule has 0 saturated carbocycles. The van der Waals surface area contributed by atoms with Crippen LogP contribution in [0.5, 0.6) is 0 Å². The Balaban J connectivity index is 0.00000220. The van der Waals surface area contributed by atoms with E-state index in [0.29, 0.717) is 30.4 Å². The van der Waals surface area contributed by atoms with Gasteiger partial charge in [0.2, 0.25) is 11.8 Å². The van der Waals surface area contributed by atoms with Crippen LogP contribution in [-0.4, -0.2) is 24.0 Å². The number of rotatable bonds is 6. The molecule has 0 saturated heterocycles. The SMILES string of the molecule is Cc1oc(-c2ccccc2)nc1CC(=O)NCCCN.Cl.Cl. The number of halogens is 2. The molecule has 0 fully saturated rings. The molecule has 0 radical (unpaired) electrons. The molecule has 1 amide bonds. The highest BCUT2D eigenvalue weighted by Gasteiger charge is 2.14. The molecule has 0 bridgehead atoms. The molecule has 1 aromatic heterocycles. The van der Waals surface area contributed by atoms with E-state index >= 15 is 0 Å². The van der Waals surface area contributed by atoms with Crippen LogP contribution in [0, 0.1) is 6.92 Å². The van der Waals surface area contributed by atoms with Gasteiger partial charge in [-0.15, -0.1) is 24.8 Å². The summed E-state index contributed by atoms with van der Waals surface area (Å²) in [6.07, 6.45) is 1.01. The second kappa shape index (κ2) is 10.2. The zero-order valence-corrected chi connectivity index (χ0v) is 14.0. The number of nitrogens with zero attached hydrogens (tertiary/aromatic N) is 1. The van der Waals surface area contributed by atoms with Gasteiger partial charge >= 0.3 is 0 Å². The highest BCUT2D eigenvalue weighted by Crippen LogP contribution is 2.21. The molecule has 1 heterocycles. The molecule has 2 aromatic rings. The van der Waals surface area contributed by atoms with E-state index in [1.807, 2.05) is 37.3 Å². The summed E-state index contributed by atoms with van der Waals surface area (Å²) in [5.41, 5.74) is 6.96. The second-order valence-electron chi connectivity index (χ2n) is 4.56. The Morgan fingerprint density at radius 2 is 1.95 bits per heavy atom. The molecule has 0 spiro atoms. The second-order valence-corrected chi connectivity index (χ2v) is 4.56. The van der Waals surface area contributed by atoms with Crippen LogP contribution in [0.15, 0.2) is 34.7 Å². The third-order valence-corrected chi connectivity index (χ3v) is 2.94. The zero-order chi connectivity index (χ0) is 14.4. The van der Waals surface area contributed by atoms with Gasteiger partial charge in [0, 0.05) is 12.1 Å². The van der Waals surface area contributed by atoms with Crippen molar-refractivity contribution in [1.82, 2.24) is 10.3 Å². The number of amides is 1. The van der Waals surface area contributed by atoms with Crippen molar-refractivity contribution < 1.29 is 9.21 Å². The number of aromatic nitrogens is 1. The van der Waals surface area contributed by atoms with E-state index in [-0.39, 0.29) is 37.1 Å². The Labute approximate surface area is 142 Å². The minimum Gasteiger partial charge on any atom is -0.441 e. The van der Waals surface area contributed by atoms with E-state index in [0.717, 1.165) is 12.0 Å². The number of oxazole rings is 1. The van der Waals surface area contributed by atoms with Gasteiger partial charge in [-0.3, -0.25) is 4.79 Å². The zero-order valence-electron chi connectivity index (χ0n) is 12.4. The first kappa shape index (κ1) is 20.4. The lowest BCUT2D eigenvalue weighted by Gasteiger charge is -2.02. The van der Waals surface area contributed by atoms with Crippen LogP contribution in [-0.2, 0) is 11.2 Å². The number of hydrogen-bond donors (Lipinski definition) is 2. The fourth-order valence-corrected chi connectivity index (χ4v) is 1.84. The highest BCUT2D eigenvalue weighted by atomic mass is 35.5. The van der Waals surface area contributed by atoms with Gasteiger partial charge in [0.25, 0.3) is 0 Å². The molecular formula is C15H21Cl2N3O2. The summed E-state index contributed by atoms with van der Waals surface area (Å²) in [6.45, 7) is 2.99. The first-order valence-electron chi connectivity index (χ1n) is 6.69. The number of carbonyl (C=O) groups is 1. The molecule has 0 unspecified atom stereocenters. The van der Waals surface area contributed by atoms with Gasteiger partial charge in [0.1, 0.15) is 5.76 Å². The van der Waals surface area contributed by atoms with Gasteiger partial charge in [-0.1, -0.05) is 18.2 Å². The molecule has 0 aliphatic carbocycles. The minimum atomic E-state index is -0.0607. The van der Waals surface area contributed by atoms with Gasteiger partial charge in [0.15, 0.2) is 0 Å². The van der Waals surface area contributed by atoms with Crippen molar-refractivity contribution in [2.75, 3.05) is 13.1 Å². The first-order valence-corrected chi connectivity index (χ1v) is 6.69. The number of hydrogen-bond acceptors (Lipinski definition) is 4. The number of benzene rings is 1. The molecule has 1 aromatic carbocycles. The summed E-state index contributed by atoms with van der Waals surface area (Å²) in [6, 6.07) is 9.64. The van der Waals surface area contributed by atoms with E-state index in [1.54, 1.807) is 0 Å². The van der Waals surface area contributed by atoms with Gasteiger partial charge in [-0.25, -0.2) is 4.98 Å². The van der Waals surface area contributed by atoms with Crippen LogP contribution in [0.1, 0.15) is 17.9 Å². The normalized spacial score (nSPS) is 9.55. The molecule has 122 valence electrons. The molecule has 3 N–H and O–H groups in total. The third kappa shape index (κ3) is 5.67. The molecule has 7 heteroatoms. The van der Waals surface area contributed by atoms with Gasteiger partial charge in [-0.05, 0) is 32.0 Å². The van der Waals surface area contributed by atoms with Crippen LogP contribution >= 0.6 is 24.8 Å². The Bertz CT molecular complexity index is 573.